The second kappa shape index (κ2) is 3.89. The van der Waals surface area contributed by atoms with Gasteiger partial charge in [-0.1, -0.05) is 0 Å². The molecular formula is C12H19NO4. The zero-order valence-electron chi connectivity index (χ0n) is 10.4. The van der Waals surface area contributed by atoms with Crippen LogP contribution in [0.2, 0.25) is 0 Å². The van der Waals surface area contributed by atoms with E-state index in [4.69, 9.17) is 9.84 Å². The number of carbonyl (C=O) groups excluding carboxylic acids is 1. The summed E-state index contributed by atoms with van der Waals surface area (Å²) >= 11 is 0. The van der Waals surface area contributed by atoms with E-state index in [1.54, 1.807) is 20.8 Å². The van der Waals surface area contributed by atoms with Crippen molar-refractivity contribution in [2.75, 3.05) is 0 Å². The maximum absolute atomic E-state index is 11.5. The molecule has 2 rings (SSSR count). The number of rotatable bonds is 2. The molecule has 2 fully saturated rings. The topological polar surface area (TPSA) is 75.6 Å². The van der Waals surface area contributed by atoms with E-state index in [1.807, 2.05) is 0 Å². The van der Waals surface area contributed by atoms with Crippen molar-refractivity contribution in [1.82, 2.24) is 5.32 Å². The molecule has 2 aliphatic rings. The van der Waals surface area contributed by atoms with Crippen LogP contribution in [0.4, 0.5) is 4.79 Å². The molecule has 0 bridgehead atoms. The third-order valence-electron chi connectivity index (χ3n) is 3.51. The Balaban J connectivity index is 1.84. The van der Waals surface area contributed by atoms with Crippen LogP contribution < -0.4 is 5.32 Å². The van der Waals surface area contributed by atoms with Crippen LogP contribution >= 0.6 is 0 Å². The molecule has 0 aromatic heterocycles. The van der Waals surface area contributed by atoms with Gasteiger partial charge in [-0.25, -0.2) is 4.79 Å². The van der Waals surface area contributed by atoms with Crippen LogP contribution in [0.1, 0.15) is 33.6 Å². The molecule has 0 aromatic rings. The number of carboxylic acid groups (broad SMARTS) is 1. The van der Waals surface area contributed by atoms with Crippen LogP contribution in [0, 0.1) is 17.8 Å². The molecule has 0 radical (unpaired) electrons. The van der Waals surface area contributed by atoms with E-state index in [-0.39, 0.29) is 17.9 Å². The van der Waals surface area contributed by atoms with E-state index in [1.165, 1.54) is 0 Å². The Labute approximate surface area is 101 Å². The highest BCUT2D eigenvalue weighted by atomic mass is 16.6. The average molecular weight is 241 g/mol. The number of fused-ring (bicyclic) bond motifs is 1. The van der Waals surface area contributed by atoms with E-state index in [9.17, 15) is 9.59 Å². The molecule has 1 amide bonds. The van der Waals surface area contributed by atoms with Crippen molar-refractivity contribution >= 4 is 12.1 Å². The summed E-state index contributed by atoms with van der Waals surface area (Å²) in [5, 5.41) is 11.8. The van der Waals surface area contributed by atoms with Crippen LogP contribution in [0.25, 0.3) is 0 Å². The van der Waals surface area contributed by atoms with E-state index < -0.39 is 17.7 Å². The van der Waals surface area contributed by atoms with Gasteiger partial charge in [0.15, 0.2) is 0 Å². The van der Waals surface area contributed by atoms with Crippen LogP contribution in [-0.2, 0) is 9.53 Å². The fourth-order valence-corrected chi connectivity index (χ4v) is 2.82. The monoisotopic (exact) mass is 241 g/mol. The maximum atomic E-state index is 11.5. The minimum absolute atomic E-state index is 0.000278. The zero-order valence-corrected chi connectivity index (χ0v) is 10.4. The highest BCUT2D eigenvalue weighted by molar-refractivity contribution is 5.73. The Bertz CT molecular complexity index is 347. The quantitative estimate of drug-likeness (QED) is 0.770. The molecule has 4 atom stereocenters. The van der Waals surface area contributed by atoms with Gasteiger partial charge in [-0.3, -0.25) is 4.79 Å². The molecule has 17 heavy (non-hydrogen) atoms. The van der Waals surface area contributed by atoms with Crippen LogP contribution in [0.15, 0.2) is 0 Å². The van der Waals surface area contributed by atoms with Gasteiger partial charge in [-0.05, 0) is 45.4 Å². The third kappa shape index (κ3) is 2.53. The van der Waals surface area contributed by atoms with Crippen molar-refractivity contribution < 1.29 is 19.4 Å². The van der Waals surface area contributed by atoms with E-state index in [0.29, 0.717) is 5.92 Å². The fraction of sp³-hybridized carbons (Fsp3) is 0.833. The number of amides is 1. The lowest BCUT2D eigenvalue weighted by Crippen LogP contribution is -2.36. The summed E-state index contributed by atoms with van der Waals surface area (Å²) in [5.41, 5.74) is -0.514. The average Bonchev–Trinajstić information content (AvgIpc) is 2.64. The van der Waals surface area contributed by atoms with Crippen molar-refractivity contribution in [3.8, 4) is 0 Å². The Morgan fingerprint density at radius 3 is 2.47 bits per heavy atom. The zero-order chi connectivity index (χ0) is 12.8. The van der Waals surface area contributed by atoms with Gasteiger partial charge in [0, 0.05) is 6.04 Å². The van der Waals surface area contributed by atoms with E-state index in [0.717, 1.165) is 12.8 Å². The number of aliphatic carboxylic acids is 1. The predicted octanol–water partition coefficient (Wildman–Crippen LogP) is 1.62. The number of alkyl carbamates (subject to hydrolysis) is 1. The molecule has 0 aliphatic heterocycles. The second-order valence-corrected chi connectivity index (χ2v) is 5.94. The van der Waals surface area contributed by atoms with E-state index >= 15 is 0 Å². The largest absolute Gasteiger partial charge is 0.481 e. The molecule has 2 aliphatic carbocycles. The molecule has 0 heterocycles. The number of ether oxygens (including phenoxy) is 1. The predicted molar refractivity (Wildman–Crippen MR) is 60.5 cm³/mol. The molecular weight excluding hydrogens is 222 g/mol. The molecule has 2 saturated carbocycles. The second-order valence-electron chi connectivity index (χ2n) is 5.94. The first-order valence-corrected chi connectivity index (χ1v) is 6.02. The van der Waals surface area contributed by atoms with Gasteiger partial charge in [-0.15, -0.1) is 0 Å². The Hall–Kier alpha value is -1.26. The molecule has 0 aromatic carbocycles. The normalized spacial score (nSPS) is 35.0. The Kier molecular flexibility index (Phi) is 2.79. The summed E-state index contributed by atoms with van der Waals surface area (Å²) in [4.78, 5) is 22.5. The molecule has 4 unspecified atom stereocenters. The SMILES string of the molecule is CC(C)(C)OC(=O)NC1C2CCC(C(=O)O)C21. The molecule has 0 saturated heterocycles. The minimum atomic E-state index is -0.744. The van der Waals surface area contributed by atoms with Gasteiger partial charge in [0.25, 0.3) is 0 Å². The third-order valence-corrected chi connectivity index (χ3v) is 3.51. The summed E-state index contributed by atoms with van der Waals surface area (Å²) in [6.07, 6.45) is 1.18. The number of nitrogens with one attached hydrogen (secondary N) is 1. The van der Waals surface area contributed by atoms with Gasteiger partial charge in [0.05, 0.1) is 5.92 Å². The van der Waals surface area contributed by atoms with Crippen molar-refractivity contribution in [3.63, 3.8) is 0 Å². The van der Waals surface area contributed by atoms with Crippen LogP contribution in [-0.4, -0.2) is 28.8 Å². The first-order chi connectivity index (χ1) is 7.79. The summed E-state index contributed by atoms with van der Waals surface area (Å²) in [7, 11) is 0. The van der Waals surface area contributed by atoms with Crippen molar-refractivity contribution in [2.45, 2.75) is 45.3 Å². The maximum Gasteiger partial charge on any atom is 0.407 e. The molecule has 5 nitrogen and oxygen atoms in total. The van der Waals surface area contributed by atoms with Crippen molar-refractivity contribution in [2.24, 2.45) is 17.8 Å². The van der Waals surface area contributed by atoms with Gasteiger partial charge in [-0.2, -0.15) is 0 Å². The summed E-state index contributed by atoms with van der Waals surface area (Å²) in [5.74, 6) is -0.588. The fourth-order valence-electron chi connectivity index (χ4n) is 2.82. The summed E-state index contributed by atoms with van der Waals surface area (Å²) in [6, 6.07) is -0.000278. The van der Waals surface area contributed by atoms with Crippen molar-refractivity contribution in [1.29, 1.82) is 0 Å². The van der Waals surface area contributed by atoms with Gasteiger partial charge in [0.2, 0.25) is 0 Å². The summed E-state index contributed by atoms with van der Waals surface area (Å²) in [6.45, 7) is 5.42. The first-order valence-electron chi connectivity index (χ1n) is 6.02. The molecule has 5 heteroatoms. The Morgan fingerprint density at radius 1 is 1.29 bits per heavy atom. The lowest BCUT2D eigenvalue weighted by Gasteiger charge is -2.20. The minimum Gasteiger partial charge on any atom is -0.481 e. The Morgan fingerprint density at radius 2 is 1.94 bits per heavy atom. The number of carbonyl (C=O) groups is 2. The molecule has 2 N–H and O–H groups in total. The number of hydrogen-bond donors (Lipinski definition) is 2. The van der Waals surface area contributed by atoms with Gasteiger partial charge in [0.1, 0.15) is 5.60 Å². The van der Waals surface area contributed by atoms with Crippen molar-refractivity contribution in [3.05, 3.63) is 0 Å². The number of carboxylic acids is 1. The molecule has 0 spiro atoms. The van der Waals surface area contributed by atoms with Crippen LogP contribution in [0.3, 0.4) is 0 Å². The highest BCUT2D eigenvalue weighted by Crippen LogP contribution is 2.55. The van der Waals surface area contributed by atoms with Gasteiger partial charge >= 0.3 is 12.1 Å². The van der Waals surface area contributed by atoms with Crippen LogP contribution in [0.5, 0.6) is 0 Å². The highest BCUT2D eigenvalue weighted by Gasteiger charge is 2.61. The molecule has 96 valence electrons. The summed E-state index contributed by atoms with van der Waals surface area (Å²) < 4.78 is 5.15. The standard InChI is InChI=1S/C12H19NO4/c1-12(2,3)17-11(16)13-9-6-4-5-7(8(6)9)10(14)15/h6-9H,4-5H2,1-3H3,(H,13,16)(H,14,15). The van der Waals surface area contributed by atoms with Gasteiger partial charge < -0.3 is 15.2 Å². The van der Waals surface area contributed by atoms with E-state index in [2.05, 4.69) is 5.32 Å². The lowest BCUT2D eigenvalue weighted by atomic mass is 10.0. The number of hydrogen-bond acceptors (Lipinski definition) is 3. The lowest BCUT2D eigenvalue weighted by molar-refractivity contribution is -0.142. The first kappa shape index (κ1) is 12.2. The smallest absolute Gasteiger partial charge is 0.407 e.